The fourth-order valence-electron chi connectivity index (χ4n) is 1.58. The van der Waals surface area contributed by atoms with Gasteiger partial charge in [0.2, 0.25) is 0 Å². The van der Waals surface area contributed by atoms with Crippen LogP contribution in [-0.2, 0) is 0 Å². The molecule has 1 saturated carbocycles. The zero-order chi connectivity index (χ0) is 10.1. The topological polar surface area (TPSA) is 26.0 Å². The van der Waals surface area contributed by atoms with E-state index in [1.807, 2.05) is 6.07 Å². The lowest BCUT2D eigenvalue weighted by atomic mass is 10.0. The molecule has 2 rings (SSSR count). The van der Waals surface area contributed by atoms with Crippen LogP contribution in [0.3, 0.4) is 0 Å². The van der Waals surface area contributed by atoms with E-state index in [4.69, 9.17) is 28.9 Å². The van der Waals surface area contributed by atoms with Gasteiger partial charge in [-0.3, -0.25) is 0 Å². The molecular weight excluding hydrogens is 237 g/mol. The number of nitrogens with two attached hydrogens (primary N) is 1. The average molecular weight is 250 g/mol. The summed E-state index contributed by atoms with van der Waals surface area (Å²) in [5.41, 5.74) is 7.06. The van der Waals surface area contributed by atoms with Crippen molar-refractivity contribution >= 4 is 34.5 Å². The third kappa shape index (κ3) is 2.63. The molecule has 2 N–H and O–H groups in total. The van der Waals surface area contributed by atoms with Gasteiger partial charge in [0, 0.05) is 6.04 Å². The van der Waals surface area contributed by atoms with E-state index in [1.54, 1.807) is 0 Å². The Morgan fingerprint density at radius 2 is 2.21 bits per heavy atom. The van der Waals surface area contributed by atoms with Gasteiger partial charge in [-0.25, -0.2) is 0 Å². The van der Waals surface area contributed by atoms with Gasteiger partial charge in [0.25, 0.3) is 0 Å². The maximum atomic E-state index is 6.05. The summed E-state index contributed by atoms with van der Waals surface area (Å²) in [6.45, 7) is 0. The van der Waals surface area contributed by atoms with Crippen LogP contribution in [0.5, 0.6) is 0 Å². The van der Waals surface area contributed by atoms with Crippen molar-refractivity contribution in [3.05, 3.63) is 20.3 Å². The van der Waals surface area contributed by atoms with Crippen LogP contribution in [0, 0.1) is 5.92 Å². The third-order valence-corrected chi connectivity index (χ3v) is 4.18. The summed E-state index contributed by atoms with van der Waals surface area (Å²) in [7, 11) is 0. The standard InChI is InChI=1S/C10H13Cl2NS/c11-9-5-7(10(12)14-9)8(13)4-3-6-1-2-6/h5-6,8H,1-4,13H2. The number of halogens is 2. The van der Waals surface area contributed by atoms with E-state index < -0.39 is 0 Å². The smallest absolute Gasteiger partial charge is 0.0991 e. The van der Waals surface area contributed by atoms with E-state index in [9.17, 15) is 0 Å². The van der Waals surface area contributed by atoms with Crippen molar-refractivity contribution in [3.8, 4) is 0 Å². The first-order valence-corrected chi connectivity index (χ1v) is 6.44. The normalized spacial score (nSPS) is 18.5. The highest BCUT2D eigenvalue weighted by molar-refractivity contribution is 7.20. The van der Waals surface area contributed by atoms with Crippen molar-refractivity contribution in [1.82, 2.24) is 0 Å². The molecule has 0 spiro atoms. The lowest BCUT2D eigenvalue weighted by molar-refractivity contribution is 0.576. The predicted octanol–water partition coefficient (Wildman–Crippen LogP) is 4.24. The first-order valence-electron chi connectivity index (χ1n) is 4.87. The zero-order valence-corrected chi connectivity index (χ0v) is 10.1. The van der Waals surface area contributed by atoms with Gasteiger partial charge in [-0.2, -0.15) is 0 Å². The Morgan fingerprint density at radius 3 is 2.71 bits per heavy atom. The highest BCUT2D eigenvalue weighted by Crippen LogP contribution is 2.39. The molecular formula is C10H13Cl2NS. The Labute approximate surface area is 98.2 Å². The molecule has 1 fully saturated rings. The molecule has 1 aliphatic rings. The first-order chi connectivity index (χ1) is 6.66. The average Bonchev–Trinajstić information content (AvgIpc) is 2.88. The summed E-state index contributed by atoms with van der Waals surface area (Å²) in [6.07, 6.45) is 5.01. The quantitative estimate of drug-likeness (QED) is 0.849. The molecule has 1 aromatic heterocycles. The molecule has 0 radical (unpaired) electrons. The molecule has 0 bridgehead atoms. The van der Waals surface area contributed by atoms with E-state index in [1.165, 1.54) is 30.6 Å². The molecule has 14 heavy (non-hydrogen) atoms. The molecule has 0 aliphatic heterocycles. The molecule has 1 atom stereocenters. The Bertz CT molecular complexity index is 320. The summed E-state index contributed by atoms with van der Waals surface area (Å²) < 4.78 is 1.48. The Kier molecular flexibility index (Phi) is 3.38. The Hall–Kier alpha value is 0.240. The van der Waals surface area contributed by atoms with Gasteiger partial charge >= 0.3 is 0 Å². The van der Waals surface area contributed by atoms with E-state index in [0.29, 0.717) is 0 Å². The second kappa shape index (κ2) is 4.40. The van der Waals surface area contributed by atoms with E-state index in [0.717, 1.165) is 26.6 Å². The number of hydrogen-bond donors (Lipinski definition) is 1. The minimum absolute atomic E-state index is 0.0619. The fraction of sp³-hybridized carbons (Fsp3) is 0.600. The zero-order valence-electron chi connectivity index (χ0n) is 7.80. The van der Waals surface area contributed by atoms with Crippen LogP contribution < -0.4 is 5.73 Å². The van der Waals surface area contributed by atoms with E-state index in [-0.39, 0.29) is 6.04 Å². The van der Waals surface area contributed by atoms with Crippen LogP contribution in [0.4, 0.5) is 0 Å². The Balaban J connectivity index is 1.94. The number of thiophene rings is 1. The predicted molar refractivity (Wildman–Crippen MR) is 63.2 cm³/mol. The Morgan fingerprint density at radius 1 is 1.50 bits per heavy atom. The highest BCUT2D eigenvalue weighted by atomic mass is 35.5. The van der Waals surface area contributed by atoms with Gasteiger partial charge in [-0.1, -0.05) is 36.0 Å². The maximum Gasteiger partial charge on any atom is 0.0991 e. The molecule has 1 unspecified atom stereocenters. The van der Waals surface area contributed by atoms with Crippen LogP contribution in [0.1, 0.15) is 37.3 Å². The van der Waals surface area contributed by atoms with E-state index in [2.05, 4.69) is 0 Å². The largest absolute Gasteiger partial charge is 0.324 e. The summed E-state index contributed by atoms with van der Waals surface area (Å²) >= 11 is 13.3. The van der Waals surface area contributed by atoms with Crippen molar-refractivity contribution in [2.45, 2.75) is 31.7 Å². The molecule has 1 aromatic rings. The lowest BCUT2D eigenvalue weighted by Crippen LogP contribution is -2.09. The van der Waals surface area contributed by atoms with Gasteiger partial charge in [0.05, 0.1) is 8.67 Å². The molecule has 1 heterocycles. The molecule has 1 nitrogen and oxygen atoms in total. The second-order valence-electron chi connectivity index (χ2n) is 3.91. The third-order valence-electron chi connectivity index (χ3n) is 2.67. The summed E-state index contributed by atoms with van der Waals surface area (Å²) in [4.78, 5) is 0. The molecule has 0 aromatic carbocycles. The van der Waals surface area contributed by atoms with Crippen molar-refractivity contribution in [2.75, 3.05) is 0 Å². The summed E-state index contributed by atoms with van der Waals surface area (Å²) in [5, 5.41) is 0. The summed E-state index contributed by atoms with van der Waals surface area (Å²) in [5.74, 6) is 0.925. The van der Waals surface area contributed by atoms with Gasteiger partial charge in [-0.15, -0.1) is 11.3 Å². The fourth-order valence-corrected chi connectivity index (χ4v) is 3.18. The van der Waals surface area contributed by atoms with E-state index >= 15 is 0 Å². The maximum absolute atomic E-state index is 6.05. The van der Waals surface area contributed by atoms with Crippen molar-refractivity contribution in [2.24, 2.45) is 11.7 Å². The highest BCUT2D eigenvalue weighted by Gasteiger charge is 2.23. The summed E-state index contributed by atoms with van der Waals surface area (Å²) in [6, 6.07) is 1.96. The molecule has 78 valence electrons. The number of hydrogen-bond acceptors (Lipinski definition) is 2. The lowest BCUT2D eigenvalue weighted by Gasteiger charge is -2.09. The van der Waals surface area contributed by atoms with Crippen molar-refractivity contribution in [1.29, 1.82) is 0 Å². The number of rotatable bonds is 4. The van der Waals surface area contributed by atoms with Crippen LogP contribution in [-0.4, -0.2) is 0 Å². The van der Waals surface area contributed by atoms with Crippen LogP contribution in [0.15, 0.2) is 6.07 Å². The van der Waals surface area contributed by atoms with Crippen LogP contribution >= 0.6 is 34.5 Å². The minimum Gasteiger partial charge on any atom is -0.324 e. The van der Waals surface area contributed by atoms with Crippen molar-refractivity contribution in [3.63, 3.8) is 0 Å². The first kappa shape index (κ1) is 10.7. The van der Waals surface area contributed by atoms with Crippen LogP contribution in [0.2, 0.25) is 8.67 Å². The SMILES string of the molecule is NC(CCC1CC1)c1cc(Cl)sc1Cl. The van der Waals surface area contributed by atoms with Gasteiger partial charge in [0.15, 0.2) is 0 Å². The van der Waals surface area contributed by atoms with Crippen LogP contribution in [0.25, 0.3) is 0 Å². The minimum atomic E-state index is 0.0619. The van der Waals surface area contributed by atoms with Gasteiger partial charge in [0.1, 0.15) is 0 Å². The molecule has 0 saturated heterocycles. The van der Waals surface area contributed by atoms with Gasteiger partial charge < -0.3 is 5.73 Å². The second-order valence-corrected chi connectivity index (χ2v) is 6.19. The monoisotopic (exact) mass is 249 g/mol. The van der Waals surface area contributed by atoms with Crippen molar-refractivity contribution < 1.29 is 0 Å². The molecule has 4 heteroatoms. The molecule has 0 amide bonds. The molecule has 1 aliphatic carbocycles. The van der Waals surface area contributed by atoms with Gasteiger partial charge in [-0.05, 0) is 30.4 Å².